The third kappa shape index (κ3) is 2.18. The molecule has 4 N–H and O–H groups in total. The summed E-state index contributed by atoms with van der Waals surface area (Å²) < 4.78 is 15.0. The number of amides is 1. The quantitative estimate of drug-likeness (QED) is 0.785. The van der Waals surface area contributed by atoms with Crippen LogP contribution in [-0.2, 0) is 0 Å². The number of nitrogens with zero attached hydrogens (tertiary/aromatic N) is 4. The van der Waals surface area contributed by atoms with E-state index in [1.54, 1.807) is 17.2 Å². The highest BCUT2D eigenvalue weighted by molar-refractivity contribution is 5.98. The van der Waals surface area contributed by atoms with Crippen LogP contribution in [0.4, 0.5) is 10.2 Å². The molecule has 2 aromatic heterocycles. The number of hydrogen-bond donors (Lipinski definition) is 2. The van der Waals surface area contributed by atoms with Gasteiger partial charge in [-0.25, -0.2) is 13.9 Å². The average Bonchev–Trinajstić information content (AvgIpc) is 2.80. The van der Waals surface area contributed by atoms with Gasteiger partial charge in [0.05, 0.1) is 12.7 Å². The summed E-state index contributed by atoms with van der Waals surface area (Å²) in [5.41, 5.74) is 11.7. The first-order valence-electron chi connectivity index (χ1n) is 6.33. The van der Waals surface area contributed by atoms with Crippen LogP contribution in [0.15, 0.2) is 18.5 Å². The van der Waals surface area contributed by atoms with Gasteiger partial charge < -0.3 is 16.4 Å². The van der Waals surface area contributed by atoms with Crippen molar-refractivity contribution in [3.8, 4) is 0 Å². The van der Waals surface area contributed by atoms with E-state index in [9.17, 15) is 9.18 Å². The molecule has 2 aromatic rings. The van der Waals surface area contributed by atoms with E-state index >= 15 is 0 Å². The second kappa shape index (κ2) is 4.71. The van der Waals surface area contributed by atoms with Crippen molar-refractivity contribution in [3.05, 3.63) is 24.0 Å². The molecule has 0 bridgehead atoms. The highest BCUT2D eigenvalue weighted by Gasteiger charge is 2.26. The molecule has 1 amide bonds. The standard InChI is InChI=1S/C12H15FN6O/c13-7-3-8(14)6-18(5-7)10-1-2-19-12(17-10)9(4-16-19)11(15)20/h1-2,4,7-8H,3,5-6,14H2,(H2,15,20)/t7-,8-/m1/s1. The van der Waals surface area contributed by atoms with E-state index in [1.807, 2.05) is 0 Å². The van der Waals surface area contributed by atoms with E-state index in [0.717, 1.165) is 0 Å². The molecule has 3 heterocycles. The molecule has 2 atom stereocenters. The Hall–Kier alpha value is -2.22. The SMILES string of the molecule is NC(=O)c1cnn2ccc(N3C[C@H](N)C[C@@H](F)C3)nc12. The van der Waals surface area contributed by atoms with Gasteiger partial charge in [-0.1, -0.05) is 0 Å². The summed E-state index contributed by atoms with van der Waals surface area (Å²) in [6.07, 6.45) is 2.42. The summed E-state index contributed by atoms with van der Waals surface area (Å²) in [5.74, 6) is -0.0262. The molecule has 1 saturated heterocycles. The van der Waals surface area contributed by atoms with Crippen LogP contribution < -0.4 is 16.4 Å². The molecule has 0 aliphatic carbocycles. The van der Waals surface area contributed by atoms with Crippen molar-refractivity contribution in [1.82, 2.24) is 14.6 Å². The molecule has 20 heavy (non-hydrogen) atoms. The Balaban J connectivity index is 1.99. The highest BCUT2D eigenvalue weighted by Crippen LogP contribution is 2.20. The Labute approximate surface area is 114 Å². The van der Waals surface area contributed by atoms with E-state index in [-0.39, 0.29) is 18.2 Å². The summed E-state index contributed by atoms with van der Waals surface area (Å²) in [6.45, 7) is 0.778. The number of hydrogen-bond acceptors (Lipinski definition) is 5. The summed E-state index contributed by atoms with van der Waals surface area (Å²) in [5, 5.41) is 3.99. The van der Waals surface area contributed by atoms with E-state index in [0.29, 0.717) is 24.4 Å². The topological polar surface area (TPSA) is 103 Å². The fourth-order valence-corrected chi connectivity index (χ4v) is 2.47. The molecule has 8 heteroatoms. The van der Waals surface area contributed by atoms with Gasteiger partial charge in [0.25, 0.3) is 5.91 Å². The third-order valence-electron chi connectivity index (χ3n) is 3.38. The van der Waals surface area contributed by atoms with Gasteiger partial charge in [-0.2, -0.15) is 5.10 Å². The second-order valence-electron chi connectivity index (χ2n) is 4.97. The Morgan fingerprint density at radius 2 is 2.25 bits per heavy atom. The number of fused-ring (bicyclic) bond motifs is 1. The van der Waals surface area contributed by atoms with Crippen molar-refractivity contribution >= 4 is 17.4 Å². The molecule has 1 fully saturated rings. The maximum Gasteiger partial charge on any atom is 0.254 e. The molecule has 0 radical (unpaired) electrons. The normalized spacial score (nSPS) is 23.2. The van der Waals surface area contributed by atoms with Crippen LogP contribution in [0.1, 0.15) is 16.8 Å². The number of carbonyl (C=O) groups is 1. The predicted octanol–water partition coefficient (Wildman–Crippen LogP) is -0.296. The molecule has 0 unspecified atom stereocenters. The number of aromatic nitrogens is 3. The first kappa shape index (κ1) is 12.8. The Morgan fingerprint density at radius 3 is 2.95 bits per heavy atom. The monoisotopic (exact) mass is 278 g/mol. The number of piperidine rings is 1. The van der Waals surface area contributed by atoms with Crippen LogP contribution in [-0.4, -0.2) is 45.8 Å². The van der Waals surface area contributed by atoms with Crippen LogP contribution in [0.2, 0.25) is 0 Å². The van der Waals surface area contributed by atoms with Crippen molar-refractivity contribution in [2.24, 2.45) is 11.5 Å². The Bertz CT molecular complexity index is 646. The van der Waals surface area contributed by atoms with Crippen LogP contribution >= 0.6 is 0 Å². The molecule has 0 aromatic carbocycles. The highest BCUT2D eigenvalue weighted by atomic mass is 19.1. The van der Waals surface area contributed by atoms with Crippen LogP contribution in [0, 0.1) is 0 Å². The van der Waals surface area contributed by atoms with Gasteiger partial charge in [0.2, 0.25) is 0 Å². The fraction of sp³-hybridized carbons (Fsp3) is 0.417. The van der Waals surface area contributed by atoms with Gasteiger partial charge in [-0.05, 0) is 12.5 Å². The largest absolute Gasteiger partial charge is 0.365 e. The van der Waals surface area contributed by atoms with Crippen LogP contribution in [0.5, 0.6) is 0 Å². The first-order chi connectivity index (χ1) is 9.54. The molecule has 0 saturated carbocycles. The van der Waals surface area contributed by atoms with E-state index < -0.39 is 12.1 Å². The van der Waals surface area contributed by atoms with Crippen molar-refractivity contribution in [1.29, 1.82) is 0 Å². The van der Waals surface area contributed by atoms with Gasteiger partial charge in [0, 0.05) is 18.8 Å². The minimum Gasteiger partial charge on any atom is -0.365 e. The maximum absolute atomic E-state index is 13.6. The molecule has 0 spiro atoms. The number of carbonyl (C=O) groups excluding carboxylic acids is 1. The number of primary amides is 1. The zero-order chi connectivity index (χ0) is 14.3. The van der Waals surface area contributed by atoms with Crippen molar-refractivity contribution in [3.63, 3.8) is 0 Å². The van der Waals surface area contributed by atoms with Crippen molar-refractivity contribution in [2.75, 3.05) is 18.0 Å². The minimum atomic E-state index is -0.975. The van der Waals surface area contributed by atoms with Crippen LogP contribution in [0.3, 0.4) is 0 Å². The molecular weight excluding hydrogens is 263 g/mol. The van der Waals surface area contributed by atoms with Gasteiger partial charge >= 0.3 is 0 Å². The van der Waals surface area contributed by atoms with Gasteiger partial charge in [-0.15, -0.1) is 0 Å². The first-order valence-corrected chi connectivity index (χ1v) is 6.33. The number of rotatable bonds is 2. The predicted molar refractivity (Wildman–Crippen MR) is 71.2 cm³/mol. The number of nitrogens with two attached hydrogens (primary N) is 2. The smallest absolute Gasteiger partial charge is 0.254 e. The summed E-state index contributed by atoms with van der Waals surface area (Å²) in [4.78, 5) is 17.4. The Kier molecular flexibility index (Phi) is 3.01. The third-order valence-corrected chi connectivity index (χ3v) is 3.38. The lowest BCUT2D eigenvalue weighted by Gasteiger charge is -2.33. The summed E-state index contributed by atoms with van der Waals surface area (Å²) >= 11 is 0. The molecule has 3 rings (SSSR count). The molecule has 1 aliphatic rings. The summed E-state index contributed by atoms with van der Waals surface area (Å²) in [6, 6.07) is 1.49. The van der Waals surface area contributed by atoms with E-state index in [2.05, 4.69) is 10.1 Å². The van der Waals surface area contributed by atoms with Crippen LogP contribution in [0.25, 0.3) is 5.65 Å². The summed E-state index contributed by atoms with van der Waals surface area (Å²) in [7, 11) is 0. The van der Waals surface area contributed by atoms with Gasteiger partial charge in [0.1, 0.15) is 17.6 Å². The number of alkyl halides is 1. The van der Waals surface area contributed by atoms with Crippen molar-refractivity contribution in [2.45, 2.75) is 18.6 Å². The van der Waals surface area contributed by atoms with Gasteiger partial charge in [0.15, 0.2) is 5.65 Å². The zero-order valence-corrected chi connectivity index (χ0v) is 10.7. The number of anilines is 1. The Morgan fingerprint density at radius 1 is 1.45 bits per heavy atom. The fourth-order valence-electron chi connectivity index (χ4n) is 2.47. The lowest BCUT2D eigenvalue weighted by atomic mass is 10.1. The second-order valence-corrected chi connectivity index (χ2v) is 4.97. The van der Waals surface area contributed by atoms with Gasteiger partial charge in [-0.3, -0.25) is 4.79 Å². The molecule has 1 aliphatic heterocycles. The average molecular weight is 278 g/mol. The zero-order valence-electron chi connectivity index (χ0n) is 10.7. The van der Waals surface area contributed by atoms with E-state index in [1.165, 1.54) is 10.7 Å². The number of halogens is 1. The maximum atomic E-state index is 13.6. The molecule has 7 nitrogen and oxygen atoms in total. The van der Waals surface area contributed by atoms with Crippen molar-refractivity contribution < 1.29 is 9.18 Å². The minimum absolute atomic E-state index is 0.225. The molecule has 106 valence electrons. The lowest BCUT2D eigenvalue weighted by molar-refractivity contribution is 0.100. The molecular formula is C12H15FN6O. The lowest BCUT2D eigenvalue weighted by Crippen LogP contribution is -2.48. The van der Waals surface area contributed by atoms with E-state index in [4.69, 9.17) is 11.5 Å².